The molecule has 0 aliphatic heterocycles. The molecule has 3 unspecified atom stereocenters. The van der Waals surface area contributed by atoms with Gasteiger partial charge < -0.3 is 5.32 Å². The summed E-state index contributed by atoms with van der Waals surface area (Å²) >= 11 is 0. The molecule has 0 aromatic carbocycles. The van der Waals surface area contributed by atoms with Crippen molar-refractivity contribution >= 4 is 0 Å². The summed E-state index contributed by atoms with van der Waals surface area (Å²) in [5.41, 5.74) is 0. The summed E-state index contributed by atoms with van der Waals surface area (Å²) in [7, 11) is 0. The molecule has 0 spiro atoms. The predicted molar refractivity (Wildman–Crippen MR) is 89.0 cm³/mol. The topological polar surface area (TPSA) is 12.0 Å². The van der Waals surface area contributed by atoms with Crippen molar-refractivity contribution in [1.29, 1.82) is 0 Å². The van der Waals surface area contributed by atoms with Crippen LogP contribution in [0.2, 0.25) is 0 Å². The Kier molecular flexibility index (Phi) is 7.41. The molecule has 2 fully saturated rings. The first-order valence-corrected chi connectivity index (χ1v) is 9.56. The molecule has 2 aliphatic carbocycles. The Morgan fingerprint density at radius 2 is 1.55 bits per heavy atom. The highest BCUT2D eigenvalue weighted by Gasteiger charge is 2.29. The molecule has 1 heteroatoms. The summed E-state index contributed by atoms with van der Waals surface area (Å²) in [5, 5.41) is 3.86. The van der Waals surface area contributed by atoms with Crippen molar-refractivity contribution < 1.29 is 0 Å². The van der Waals surface area contributed by atoms with Gasteiger partial charge in [-0.1, -0.05) is 71.6 Å². The molecule has 2 aliphatic rings. The predicted octanol–water partition coefficient (Wildman–Crippen LogP) is 5.54. The zero-order valence-electron chi connectivity index (χ0n) is 14.0. The second-order valence-corrected chi connectivity index (χ2v) is 7.46. The fourth-order valence-electron chi connectivity index (χ4n) is 4.73. The minimum Gasteiger partial charge on any atom is -0.314 e. The SMILES string of the molecule is CCNC(CC1CCCCCC1)C1CCCC(CC)C1. The van der Waals surface area contributed by atoms with Crippen LogP contribution in [-0.4, -0.2) is 12.6 Å². The van der Waals surface area contributed by atoms with E-state index in [-0.39, 0.29) is 0 Å². The van der Waals surface area contributed by atoms with Gasteiger partial charge in [-0.25, -0.2) is 0 Å². The van der Waals surface area contributed by atoms with Crippen molar-refractivity contribution in [3.63, 3.8) is 0 Å². The Labute approximate surface area is 127 Å². The van der Waals surface area contributed by atoms with Crippen LogP contribution >= 0.6 is 0 Å². The van der Waals surface area contributed by atoms with Crippen LogP contribution < -0.4 is 5.32 Å². The lowest BCUT2D eigenvalue weighted by atomic mass is 9.74. The summed E-state index contributed by atoms with van der Waals surface area (Å²) in [6, 6.07) is 0.817. The minimum absolute atomic E-state index is 0.817. The van der Waals surface area contributed by atoms with Gasteiger partial charge in [-0.15, -0.1) is 0 Å². The lowest BCUT2D eigenvalue weighted by Crippen LogP contribution is -2.40. The van der Waals surface area contributed by atoms with Crippen LogP contribution in [0.15, 0.2) is 0 Å². The number of nitrogens with one attached hydrogen (secondary N) is 1. The summed E-state index contributed by atoms with van der Waals surface area (Å²) in [5.74, 6) is 3.00. The molecule has 3 atom stereocenters. The average molecular weight is 280 g/mol. The highest BCUT2D eigenvalue weighted by Crippen LogP contribution is 2.36. The third-order valence-electron chi connectivity index (χ3n) is 6.00. The fraction of sp³-hybridized carbons (Fsp3) is 1.00. The number of rotatable bonds is 6. The van der Waals surface area contributed by atoms with E-state index in [0.29, 0.717) is 0 Å². The van der Waals surface area contributed by atoms with Gasteiger partial charge in [-0.2, -0.15) is 0 Å². The van der Waals surface area contributed by atoms with Crippen molar-refractivity contribution in [2.24, 2.45) is 17.8 Å². The normalized spacial score (nSPS) is 30.9. The molecule has 2 rings (SSSR count). The lowest BCUT2D eigenvalue weighted by molar-refractivity contribution is 0.185. The molecule has 1 N–H and O–H groups in total. The van der Waals surface area contributed by atoms with Crippen molar-refractivity contribution in [1.82, 2.24) is 5.32 Å². The molecule has 0 amide bonds. The van der Waals surface area contributed by atoms with Gasteiger partial charge in [0.2, 0.25) is 0 Å². The Morgan fingerprint density at radius 3 is 2.20 bits per heavy atom. The van der Waals surface area contributed by atoms with Gasteiger partial charge in [0.05, 0.1) is 0 Å². The minimum atomic E-state index is 0.817. The van der Waals surface area contributed by atoms with E-state index >= 15 is 0 Å². The van der Waals surface area contributed by atoms with E-state index in [1.54, 1.807) is 0 Å². The monoisotopic (exact) mass is 279 g/mol. The van der Waals surface area contributed by atoms with Gasteiger partial charge in [0.1, 0.15) is 0 Å². The van der Waals surface area contributed by atoms with E-state index < -0.39 is 0 Å². The van der Waals surface area contributed by atoms with Crippen LogP contribution in [0, 0.1) is 17.8 Å². The van der Waals surface area contributed by atoms with E-state index in [1.807, 2.05) is 0 Å². The number of hydrogen-bond acceptors (Lipinski definition) is 1. The maximum Gasteiger partial charge on any atom is 0.00979 e. The summed E-state index contributed by atoms with van der Waals surface area (Å²) in [6.45, 7) is 5.84. The zero-order valence-corrected chi connectivity index (χ0v) is 14.0. The first-order chi connectivity index (χ1) is 9.83. The molecule has 118 valence electrons. The Bertz CT molecular complexity index is 242. The van der Waals surface area contributed by atoms with E-state index in [4.69, 9.17) is 0 Å². The van der Waals surface area contributed by atoms with Crippen LogP contribution in [0.25, 0.3) is 0 Å². The quantitative estimate of drug-likeness (QED) is 0.629. The molecule has 0 heterocycles. The smallest absolute Gasteiger partial charge is 0.00979 e. The molecule has 0 aromatic heterocycles. The third-order valence-corrected chi connectivity index (χ3v) is 6.00. The van der Waals surface area contributed by atoms with Gasteiger partial charge in [-0.05, 0) is 43.6 Å². The van der Waals surface area contributed by atoms with Crippen LogP contribution in [0.3, 0.4) is 0 Å². The molecule has 0 aromatic rings. The summed E-state index contributed by atoms with van der Waals surface area (Å²) in [4.78, 5) is 0. The second kappa shape index (κ2) is 9.07. The van der Waals surface area contributed by atoms with Crippen molar-refractivity contribution in [3.05, 3.63) is 0 Å². The molecule has 0 bridgehead atoms. The largest absolute Gasteiger partial charge is 0.314 e. The van der Waals surface area contributed by atoms with Crippen LogP contribution in [-0.2, 0) is 0 Å². The van der Waals surface area contributed by atoms with E-state index in [9.17, 15) is 0 Å². The van der Waals surface area contributed by atoms with E-state index in [0.717, 1.165) is 30.3 Å². The first kappa shape index (κ1) is 16.3. The zero-order chi connectivity index (χ0) is 14.2. The number of hydrogen-bond donors (Lipinski definition) is 1. The standard InChI is InChI=1S/C19H37N/c1-3-16-12-9-13-18(14-16)19(20-4-2)15-17-10-7-5-6-8-11-17/h16-20H,3-15H2,1-2H3. The molecule has 0 saturated heterocycles. The highest BCUT2D eigenvalue weighted by atomic mass is 14.9. The van der Waals surface area contributed by atoms with Crippen LogP contribution in [0.1, 0.15) is 90.9 Å². The van der Waals surface area contributed by atoms with Gasteiger partial charge in [0.25, 0.3) is 0 Å². The summed E-state index contributed by atoms with van der Waals surface area (Å²) in [6.07, 6.45) is 17.8. The third kappa shape index (κ3) is 5.06. The highest BCUT2D eigenvalue weighted by molar-refractivity contribution is 4.84. The Hall–Kier alpha value is -0.0400. The maximum absolute atomic E-state index is 3.86. The van der Waals surface area contributed by atoms with Gasteiger partial charge in [0.15, 0.2) is 0 Å². The van der Waals surface area contributed by atoms with E-state index in [2.05, 4.69) is 19.2 Å². The molecular formula is C19H37N. The molecule has 2 saturated carbocycles. The lowest BCUT2D eigenvalue weighted by Gasteiger charge is -2.36. The second-order valence-electron chi connectivity index (χ2n) is 7.46. The van der Waals surface area contributed by atoms with Crippen LogP contribution in [0.5, 0.6) is 0 Å². The Balaban J connectivity index is 1.87. The molecule has 0 radical (unpaired) electrons. The molecule has 1 nitrogen and oxygen atoms in total. The van der Waals surface area contributed by atoms with Crippen molar-refractivity contribution in [2.75, 3.05) is 6.54 Å². The average Bonchev–Trinajstić information content (AvgIpc) is 2.75. The van der Waals surface area contributed by atoms with Gasteiger partial charge in [-0.3, -0.25) is 0 Å². The fourth-order valence-corrected chi connectivity index (χ4v) is 4.73. The van der Waals surface area contributed by atoms with Gasteiger partial charge in [0, 0.05) is 6.04 Å². The van der Waals surface area contributed by atoms with E-state index in [1.165, 1.54) is 77.0 Å². The van der Waals surface area contributed by atoms with Crippen molar-refractivity contribution in [3.8, 4) is 0 Å². The maximum atomic E-state index is 3.86. The van der Waals surface area contributed by atoms with Crippen molar-refractivity contribution in [2.45, 2.75) is 96.9 Å². The molecular weight excluding hydrogens is 242 g/mol. The molecule has 20 heavy (non-hydrogen) atoms. The Morgan fingerprint density at radius 1 is 0.850 bits per heavy atom. The van der Waals surface area contributed by atoms with Gasteiger partial charge >= 0.3 is 0 Å². The first-order valence-electron chi connectivity index (χ1n) is 9.56. The summed E-state index contributed by atoms with van der Waals surface area (Å²) < 4.78 is 0. The van der Waals surface area contributed by atoms with Crippen LogP contribution in [0.4, 0.5) is 0 Å².